The maximum atomic E-state index is 13.5. The maximum Gasteiger partial charge on any atom is 0.337 e. The molecule has 3 amide bonds. The number of hydrogen-bond acceptors (Lipinski definition) is 11. The number of halogens is 4. The van der Waals surface area contributed by atoms with Crippen LogP contribution < -0.4 is 20.7 Å². The number of benzene rings is 1. The lowest BCUT2D eigenvalue weighted by atomic mass is 10.0. The molecule has 61 heavy (non-hydrogen) atoms. The van der Waals surface area contributed by atoms with Gasteiger partial charge in [0, 0.05) is 38.4 Å². The number of rotatable bonds is 39. The van der Waals surface area contributed by atoms with Crippen molar-refractivity contribution < 1.29 is 80.2 Å². The van der Waals surface area contributed by atoms with Gasteiger partial charge in [-0.25, -0.2) is 18.4 Å². The van der Waals surface area contributed by atoms with Crippen molar-refractivity contribution in [1.29, 1.82) is 0 Å². The van der Waals surface area contributed by atoms with Crippen molar-refractivity contribution in [2.45, 2.75) is 122 Å². The van der Waals surface area contributed by atoms with Gasteiger partial charge in [-0.2, -0.15) is 8.78 Å². The molecule has 0 heterocycles. The summed E-state index contributed by atoms with van der Waals surface area (Å²) in [6.45, 7) is -0.477. The van der Waals surface area contributed by atoms with E-state index in [1.807, 2.05) is 0 Å². The first kappa shape index (κ1) is 54.6. The van der Waals surface area contributed by atoms with Crippen molar-refractivity contribution in [2.75, 3.05) is 65.9 Å². The Labute approximate surface area is 354 Å². The fourth-order valence-electron chi connectivity index (χ4n) is 5.69. The number of hydrogen-bond donors (Lipinski definition) is 5. The van der Waals surface area contributed by atoms with E-state index in [0.717, 1.165) is 51.4 Å². The number of carbonyl (C=O) groups excluding carboxylic acids is 4. The number of ether oxygens (including phenoxy) is 5. The molecule has 0 aliphatic heterocycles. The molecule has 1 aromatic carbocycles. The number of carbonyl (C=O) groups is 6. The molecule has 0 fully saturated rings. The lowest BCUT2D eigenvalue weighted by Crippen LogP contribution is -2.41. The Morgan fingerprint density at radius 1 is 0.525 bits per heavy atom. The predicted octanol–water partition coefficient (Wildman–Crippen LogP) is 5.12. The van der Waals surface area contributed by atoms with E-state index >= 15 is 0 Å². The van der Waals surface area contributed by atoms with Crippen molar-refractivity contribution in [2.24, 2.45) is 0 Å². The summed E-state index contributed by atoms with van der Waals surface area (Å²) in [5.41, 5.74) is 0. The quantitative estimate of drug-likeness (QED) is 0.0191. The van der Waals surface area contributed by atoms with Crippen LogP contribution in [0.25, 0.3) is 0 Å². The van der Waals surface area contributed by atoms with Crippen LogP contribution in [-0.2, 0) is 47.7 Å². The Morgan fingerprint density at radius 3 is 1.46 bits per heavy atom. The molecular weight excluding hydrogens is 818 g/mol. The molecule has 1 aromatic rings. The molecular formula is C41H63F4N3O13. The normalized spacial score (nSPS) is 11.5. The minimum atomic E-state index is -1.86. The highest BCUT2D eigenvalue weighted by Gasteiger charge is 2.23. The van der Waals surface area contributed by atoms with Crippen molar-refractivity contribution in [3.63, 3.8) is 0 Å². The summed E-state index contributed by atoms with van der Waals surface area (Å²) in [5, 5.41) is 25.8. The summed E-state index contributed by atoms with van der Waals surface area (Å²) >= 11 is 0. The number of carboxylic acids is 2. The minimum Gasteiger partial charge on any atom is -0.481 e. The molecule has 0 radical (unpaired) electrons. The number of unbranched alkanes of at least 4 members (excludes halogenated alkanes) is 13. The molecule has 0 saturated carbocycles. The Balaban J connectivity index is 1.95. The summed E-state index contributed by atoms with van der Waals surface area (Å²) in [6, 6.07) is -1.20. The highest BCUT2D eigenvalue weighted by atomic mass is 19.2. The van der Waals surface area contributed by atoms with Crippen LogP contribution >= 0.6 is 0 Å². The fourth-order valence-corrected chi connectivity index (χ4v) is 5.69. The first-order valence-corrected chi connectivity index (χ1v) is 20.9. The van der Waals surface area contributed by atoms with Gasteiger partial charge in [0.05, 0.1) is 39.6 Å². The van der Waals surface area contributed by atoms with E-state index in [9.17, 15) is 51.4 Å². The molecule has 348 valence electrons. The second kappa shape index (κ2) is 35.2. The van der Waals surface area contributed by atoms with Gasteiger partial charge in [-0.1, -0.05) is 77.0 Å². The van der Waals surface area contributed by atoms with Crippen LogP contribution in [0.4, 0.5) is 17.6 Å². The van der Waals surface area contributed by atoms with Crippen LogP contribution in [0.5, 0.6) is 5.75 Å². The van der Waals surface area contributed by atoms with Gasteiger partial charge >= 0.3 is 17.9 Å². The second-order valence-corrected chi connectivity index (χ2v) is 14.1. The van der Waals surface area contributed by atoms with Crippen LogP contribution in [0.15, 0.2) is 6.07 Å². The van der Waals surface area contributed by atoms with Crippen LogP contribution in [0.1, 0.15) is 116 Å². The average Bonchev–Trinajstić information content (AvgIpc) is 3.21. The second-order valence-electron chi connectivity index (χ2n) is 14.1. The Kier molecular flexibility index (Phi) is 31.5. The number of nitrogens with one attached hydrogen (secondary N) is 3. The van der Waals surface area contributed by atoms with Gasteiger partial charge in [0.1, 0.15) is 19.3 Å². The smallest absolute Gasteiger partial charge is 0.337 e. The van der Waals surface area contributed by atoms with Gasteiger partial charge in [0.15, 0.2) is 11.6 Å². The van der Waals surface area contributed by atoms with E-state index in [4.69, 9.17) is 24.1 Å². The molecule has 0 aliphatic rings. The van der Waals surface area contributed by atoms with E-state index in [-0.39, 0.29) is 97.0 Å². The van der Waals surface area contributed by atoms with Crippen molar-refractivity contribution in [3.8, 4) is 5.75 Å². The third-order valence-corrected chi connectivity index (χ3v) is 8.96. The number of carboxylic acid groups (broad SMARTS) is 2. The Hall–Kier alpha value is -4.40. The zero-order valence-corrected chi connectivity index (χ0v) is 34.9. The highest BCUT2D eigenvalue weighted by molar-refractivity contribution is 5.84. The third kappa shape index (κ3) is 29.5. The first-order valence-electron chi connectivity index (χ1n) is 20.9. The standard InChI is InChI=1S/C41H63F4N3O13/c42-30-27-31(43)39(45)40(38(30)44)61-37(54)29-60-26-24-58-22-20-47-35(51)28-59-25-23-57-21-19-46-33(49)18-17-32(41(55)56)48-34(50)15-13-11-9-7-5-3-1-2-4-6-8-10-12-14-16-36(52)53/h27,32H,1-26,28-29H2,(H,46,49)(H,47,51)(H,48,50)(H,52,53)(H,55,56). The highest BCUT2D eigenvalue weighted by Crippen LogP contribution is 2.26. The summed E-state index contributed by atoms with van der Waals surface area (Å²) in [5.74, 6) is -13.1. The molecule has 0 bridgehead atoms. The predicted molar refractivity (Wildman–Crippen MR) is 212 cm³/mol. The summed E-state index contributed by atoms with van der Waals surface area (Å²) < 4.78 is 78.4. The van der Waals surface area contributed by atoms with Gasteiger partial charge in [0.25, 0.3) is 0 Å². The maximum absolute atomic E-state index is 13.5. The van der Waals surface area contributed by atoms with Crippen LogP contribution in [0.3, 0.4) is 0 Å². The SMILES string of the molecule is O=C(O)CCCCCCCCCCCCCCCCC(=O)NC(CCC(=O)NCCOCCOCC(=O)NCCOCCOCC(=O)Oc1c(F)c(F)cc(F)c1F)C(=O)O. The average molecular weight is 882 g/mol. The van der Waals surface area contributed by atoms with Gasteiger partial charge in [-0.05, 0) is 19.3 Å². The molecule has 0 aliphatic carbocycles. The minimum absolute atomic E-state index is 0.0250. The topological polar surface area (TPSA) is 225 Å². The molecule has 5 N–H and O–H groups in total. The zero-order chi connectivity index (χ0) is 45.1. The summed E-state index contributed by atoms with van der Waals surface area (Å²) in [6.07, 6.45) is 15.1. The molecule has 1 rings (SSSR count). The fraction of sp³-hybridized carbons (Fsp3) is 0.707. The molecule has 1 unspecified atom stereocenters. The van der Waals surface area contributed by atoms with Crippen molar-refractivity contribution in [1.82, 2.24) is 16.0 Å². The van der Waals surface area contributed by atoms with E-state index in [0.29, 0.717) is 6.42 Å². The van der Waals surface area contributed by atoms with Crippen LogP contribution in [0.2, 0.25) is 0 Å². The number of amides is 3. The largest absolute Gasteiger partial charge is 0.481 e. The summed E-state index contributed by atoms with van der Waals surface area (Å²) in [7, 11) is 0. The van der Waals surface area contributed by atoms with Gasteiger partial charge < -0.3 is 49.8 Å². The van der Waals surface area contributed by atoms with Crippen LogP contribution in [0, 0.1) is 23.3 Å². The van der Waals surface area contributed by atoms with Gasteiger partial charge in [0.2, 0.25) is 35.1 Å². The molecule has 0 saturated heterocycles. The Morgan fingerprint density at radius 2 is 0.967 bits per heavy atom. The number of esters is 1. The molecule has 0 spiro atoms. The molecule has 0 aromatic heterocycles. The monoisotopic (exact) mass is 881 g/mol. The van der Waals surface area contributed by atoms with E-state index in [2.05, 4.69) is 20.7 Å². The summed E-state index contributed by atoms with van der Waals surface area (Å²) in [4.78, 5) is 70.1. The third-order valence-electron chi connectivity index (χ3n) is 8.96. The van der Waals surface area contributed by atoms with E-state index in [1.54, 1.807) is 0 Å². The first-order chi connectivity index (χ1) is 29.3. The van der Waals surface area contributed by atoms with Crippen molar-refractivity contribution in [3.05, 3.63) is 29.3 Å². The zero-order valence-electron chi connectivity index (χ0n) is 34.9. The molecule has 1 atom stereocenters. The number of aliphatic carboxylic acids is 2. The molecule has 20 heteroatoms. The van der Waals surface area contributed by atoms with E-state index in [1.165, 1.54) is 32.1 Å². The van der Waals surface area contributed by atoms with Crippen molar-refractivity contribution >= 4 is 35.6 Å². The van der Waals surface area contributed by atoms with E-state index < -0.39 is 71.4 Å². The Bertz CT molecular complexity index is 1430. The van der Waals surface area contributed by atoms with Gasteiger partial charge in [-0.3, -0.25) is 19.2 Å². The lowest BCUT2D eigenvalue weighted by Gasteiger charge is -2.14. The van der Waals surface area contributed by atoms with Gasteiger partial charge in [-0.15, -0.1) is 0 Å². The lowest BCUT2D eigenvalue weighted by molar-refractivity contribution is -0.142. The van der Waals surface area contributed by atoms with Crippen LogP contribution in [-0.4, -0.2) is 118 Å². The molecule has 16 nitrogen and oxygen atoms in total.